The third-order valence-electron chi connectivity index (χ3n) is 4.52. The summed E-state index contributed by atoms with van der Waals surface area (Å²) in [6.07, 6.45) is 3.99. The van der Waals surface area contributed by atoms with Crippen molar-refractivity contribution in [1.29, 1.82) is 0 Å². The van der Waals surface area contributed by atoms with Crippen molar-refractivity contribution < 1.29 is 13.2 Å². The Hall–Kier alpha value is -1.97. The number of nitrogens with zero attached hydrogens (tertiary/aromatic N) is 2. The largest absolute Gasteiger partial charge is 0.354 e. The summed E-state index contributed by atoms with van der Waals surface area (Å²) in [5.74, 6) is -0.159. The Morgan fingerprint density at radius 2 is 2.26 bits per heavy atom. The molecule has 2 heterocycles. The van der Waals surface area contributed by atoms with Gasteiger partial charge in [0.25, 0.3) is 0 Å². The van der Waals surface area contributed by atoms with Gasteiger partial charge in [0.2, 0.25) is 15.9 Å². The monoisotopic (exact) mass is 408 g/mol. The van der Waals surface area contributed by atoms with E-state index in [4.69, 9.17) is 0 Å². The van der Waals surface area contributed by atoms with Crippen molar-refractivity contribution in [2.75, 3.05) is 24.5 Å². The van der Waals surface area contributed by atoms with Crippen LogP contribution in [0.15, 0.2) is 40.7 Å². The van der Waals surface area contributed by atoms with Crippen LogP contribution in [0.25, 0.3) is 0 Å². The number of carbonyl (C=O) groups is 1. The summed E-state index contributed by atoms with van der Waals surface area (Å²) in [5, 5.41) is 5.85. The van der Waals surface area contributed by atoms with Crippen LogP contribution in [0, 0.1) is 6.92 Å². The fourth-order valence-electron chi connectivity index (χ4n) is 3.14. The molecule has 146 valence electrons. The zero-order chi connectivity index (χ0) is 19.3. The maximum absolute atomic E-state index is 12.3. The molecule has 1 aromatic carbocycles. The third-order valence-corrected chi connectivity index (χ3v) is 6.79. The van der Waals surface area contributed by atoms with Crippen LogP contribution in [0.3, 0.4) is 0 Å². The molecule has 1 fully saturated rings. The fraction of sp³-hybridized carbons (Fsp3) is 0.444. The number of hydrogen-bond acceptors (Lipinski definition) is 6. The van der Waals surface area contributed by atoms with Crippen molar-refractivity contribution in [3.63, 3.8) is 0 Å². The van der Waals surface area contributed by atoms with Crippen LogP contribution in [0.5, 0.6) is 0 Å². The van der Waals surface area contributed by atoms with Crippen LogP contribution in [0.2, 0.25) is 0 Å². The minimum absolute atomic E-state index is 0.0724. The molecule has 1 atom stereocenters. The van der Waals surface area contributed by atoms with E-state index < -0.39 is 10.0 Å². The summed E-state index contributed by atoms with van der Waals surface area (Å²) in [6, 6.07) is 6.93. The van der Waals surface area contributed by atoms with E-state index in [-0.39, 0.29) is 29.8 Å². The van der Waals surface area contributed by atoms with Gasteiger partial charge in [-0.2, -0.15) is 0 Å². The van der Waals surface area contributed by atoms with Gasteiger partial charge in [-0.3, -0.25) is 4.79 Å². The van der Waals surface area contributed by atoms with Gasteiger partial charge in [-0.15, -0.1) is 11.3 Å². The van der Waals surface area contributed by atoms with Crippen LogP contribution < -0.4 is 14.9 Å². The molecule has 0 spiro atoms. The molecule has 1 unspecified atom stereocenters. The highest BCUT2D eigenvalue weighted by Crippen LogP contribution is 2.26. The van der Waals surface area contributed by atoms with E-state index in [9.17, 15) is 13.2 Å². The lowest BCUT2D eigenvalue weighted by Gasteiger charge is -2.24. The van der Waals surface area contributed by atoms with Gasteiger partial charge in [-0.25, -0.2) is 18.1 Å². The van der Waals surface area contributed by atoms with Gasteiger partial charge in [0.15, 0.2) is 5.13 Å². The van der Waals surface area contributed by atoms with E-state index in [0.29, 0.717) is 6.54 Å². The number of rotatable bonds is 8. The van der Waals surface area contributed by atoms with E-state index in [1.165, 1.54) is 0 Å². The first-order chi connectivity index (χ1) is 13.0. The summed E-state index contributed by atoms with van der Waals surface area (Å²) >= 11 is 1.60. The molecule has 0 bridgehead atoms. The fourth-order valence-corrected chi connectivity index (χ4v) is 5.02. The van der Waals surface area contributed by atoms with Crippen molar-refractivity contribution in [1.82, 2.24) is 15.0 Å². The molecular weight excluding hydrogens is 384 g/mol. The van der Waals surface area contributed by atoms with Gasteiger partial charge in [0.05, 0.1) is 4.90 Å². The summed E-state index contributed by atoms with van der Waals surface area (Å²) in [4.78, 5) is 18.9. The predicted molar refractivity (Wildman–Crippen MR) is 106 cm³/mol. The Morgan fingerprint density at radius 1 is 1.41 bits per heavy atom. The molecule has 1 amide bonds. The molecule has 0 saturated carbocycles. The standard InChI is InChI=1S/C18H24N4O3S2/c1-14-4-2-6-16(12-14)27(24,25)21-8-7-17(23)20-13-15-5-3-10-22(15)18-19-9-11-26-18/h2,4,6,9,11-12,15,21H,3,5,7-8,10,13H2,1H3,(H,20,23). The van der Waals surface area contributed by atoms with Crippen LogP contribution in [-0.4, -0.2) is 45.0 Å². The van der Waals surface area contributed by atoms with E-state index in [2.05, 4.69) is 19.9 Å². The highest BCUT2D eigenvalue weighted by atomic mass is 32.2. The molecule has 7 nitrogen and oxygen atoms in total. The van der Waals surface area contributed by atoms with Crippen LogP contribution in [-0.2, 0) is 14.8 Å². The molecule has 1 aliphatic heterocycles. The van der Waals surface area contributed by atoms with Crippen molar-refractivity contribution in [2.24, 2.45) is 0 Å². The van der Waals surface area contributed by atoms with Crippen molar-refractivity contribution in [3.8, 4) is 0 Å². The van der Waals surface area contributed by atoms with E-state index in [0.717, 1.165) is 30.1 Å². The normalized spacial score (nSPS) is 17.2. The number of aryl methyl sites for hydroxylation is 1. The Kier molecular flexibility index (Phi) is 6.46. The predicted octanol–water partition coefficient (Wildman–Crippen LogP) is 1.91. The topological polar surface area (TPSA) is 91.4 Å². The van der Waals surface area contributed by atoms with Gasteiger partial charge in [0.1, 0.15) is 0 Å². The van der Waals surface area contributed by atoms with Gasteiger partial charge < -0.3 is 10.2 Å². The quantitative estimate of drug-likeness (QED) is 0.696. The lowest BCUT2D eigenvalue weighted by Crippen LogP contribution is -2.41. The molecule has 1 saturated heterocycles. The molecule has 0 aliphatic carbocycles. The lowest BCUT2D eigenvalue weighted by molar-refractivity contribution is -0.120. The number of sulfonamides is 1. The number of carbonyl (C=O) groups excluding carboxylic acids is 1. The third kappa shape index (κ3) is 5.27. The number of hydrogen-bond donors (Lipinski definition) is 2. The first-order valence-corrected chi connectivity index (χ1v) is 11.3. The zero-order valence-electron chi connectivity index (χ0n) is 15.2. The number of amides is 1. The molecule has 1 aliphatic rings. The molecule has 2 N–H and O–H groups in total. The Bertz CT molecular complexity index is 868. The van der Waals surface area contributed by atoms with Crippen molar-refractivity contribution >= 4 is 32.4 Å². The number of nitrogens with one attached hydrogen (secondary N) is 2. The first kappa shape index (κ1) is 19.8. The van der Waals surface area contributed by atoms with Gasteiger partial charge >= 0.3 is 0 Å². The smallest absolute Gasteiger partial charge is 0.240 e. The van der Waals surface area contributed by atoms with E-state index in [1.54, 1.807) is 35.7 Å². The second-order valence-corrected chi connectivity index (χ2v) is 9.21. The summed E-state index contributed by atoms with van der Waals surface area (Å²) < 4.78 is 27.0. The summed E-state index contributed by atoms with van der Waals surface area (Å²) in [6.45, 7) is 3.40. The molecule has 1 aromatic heterocycles. The Morgan fingerprint density at radius 3 is 3.00 bits per heavy atom. The molecule has 0 radical (unpaired) electrons. The minimum atomic E-state index is -3.59. The molecule has 3 rings (SSSR count). The van der Waals surface area contributed by atoms with Crippen LogP contribution >= 0.6 is 11.3 Å². The molecule has 2 aromatic rings. The maximum Gasteiger partial charge on any atom is 0.240 e. The van der Waals surface area contributed by atoms with Crippen LogP contribution in [0.4, 0.5) is 5.13 Å². The average molecular weight is 409 g/mol. The van der Waals surface area contributed by atoms with E-state index >= 15 is 0 Å². The number of benzene rings is 1. The highest BCUT2D eigenvalue weighted by Gasteiger charge is 2.26. The second-order valence-electron chi connectivity index (χ2n) is 6.57. The van der Waals surface area contributed by atoms with Crippen molar-refractivity contribution in [3.05, 3.63) is 41.4 Å². The number of anilines is 1. The average Bonchev–Trinajstić information content (AvgIpc) is 3.31. The zero-order valence-corrected chi connectivity index (χ0v) is 16.9. The Balaban J connectivity index is 1.43. The van der Waals surface area contributed by atoms with Crippen molar-refractivity contribution in [2.45, 2.75) is 37.1 Å². The summed E-state index contributed by atoms with van der Waals surface area (Å²) in [7, 11) is -3.59. The molecule has 27 heavy (non-hydrogen) atoms. The van der Waals surface area contributed by atoms with Gasteiger partial charge in [-0.05, 0) is 37.5 Å². The number of aromatic nitrogens is 1. The SMILES string of the molecule is Cc1cccc(S(=O)(=O)NCCC(=O)NCC2CCCN2c2nccs2)c1. The summed E-state index contributed by atoms with van der Waals surface area (Å²) in [5.41, 5.74) is 0.872. The Labute approximate surface area is 163 Å². The molecular formula is C18H24N4O3S2. The highest BCUT2D eigenvalue weighted by molar-refractivity contribution is 7.89. The lowest BCUT2D eigenvalue weighted by atomic mass is 10.2. The minimum Gasteiger partial charge on any atom is -0.354 e. The van der Waals surface area contributed by atoms with E-state index in [1.807, 2.05) is 18.4 Å². The maximum atomic E-state index is 12.3. The van der Waals surface area contributed by atoms with Gasteiger partial charge in [-0.1, -0.05) is 12.1 Å². The van der Waals surface area contributed by atoms with Gasteiger partial charge in [0, 0.05) is 43.7 Å². The second kappa shape index (κ2) is 8.81. The van der Waals surface area contributed by atoms with Crippen LogP contribution in [0.1, 0.15) is 24.8 Å². The molecule has 9 heteroatoms. The number of thiazole rings is 1. The first-order valence-electron chi connectivity index (χ1n) is 8.95.